The third-order valence-corrected chi connectivity index (χ3v) is 5.02. The largest absolute Gasteiger partial charge is 0.402 e. The number of nitrogens with zero attached hydrogens (tertiary/aromatic N) is 3. The van der Waals surface area contributed by atoms with Gasteiger partial charge in [-0.3, -0.25) is 9.69 Å². The molecule has 156 valence electrons. The summed E-state index contributed by atoms with van der Waals surface area (Å²) in [6, 6.07) is 8.53. The summed E-state index contributed by atoms with van der Waals surface area (Å²) >= 11 is 1.01. The normalized spacial score (nSPS) is 14.5. The Morgan fingerprint density at radius 3 is 2.61 bits per heavy atom. The van der Waals surface area contributed by atoms with E-state index >= 15 is 0 Å². The highest BCUT2D eigenvalue weighted by Gasteiger charge is 2.27. The maximum Gasteiger partial charge on any atom is 0.363 e. The highest BCUT2D eigenvalue weighted by molar-refractivity contribution is 7.14. The van der Waals surface area contributed by atoms with Crippen LogP contribution in [0.1, 0.15) is 18.2 Å². The van der Waals surface area contributed by atoms with Gasteiger partial charge in [-0.25, -0.2) is 27.9 Å². The lowest BCUT2D eigenvalue weighted by Gasteiger charge is -2.18. The van der Waals surface area contributed by atoms with Crippen molar-refractivity contribution in [1.29, 1.82) is 0 Å². The molecule has 0 fully saturated rings. The van der Waals surface area contributed by atoms with Crippen LogP contribution in [0.15, 0.2) is 58.5 Å². The smallest absolute Gasteiger partial charge is 0.363 e. The first-order valence-corrected chi connectivity index (χ1v) is 9.70. The van der Waals surface area contributed by atoms with Crippen molar-refractivity contribution in [1.82, 2.24) is 4.98 Å². The Balaban J connectivity index is 1.66. The lowest BCUT2D eigenvalue weighted by atomic mass is 10.2. The van der Waals surface area contributed by atoms with Crippen LogP contribution in [0.3, 0.4) is 0 Å². The van der Waals surface area contributed by atoms with Gasteiger partial charge in [0.1, 0.15) is 17.5 Å². The van der Waals surface area contributed by atoms with E-state index in [1.54, 1.807) is 6.07 Å². The Labute approximate surface area is 177 Å². The summed E-state index contributed by atoms with van der Waals surface area (Å²) in [6.07, 6.45) is 1.30. The number of cyclic esters (lactones) is 1. The summed E-state index contributed by atoms with van der Waals surface area (Å²) in [7, 11) is 0. The van der Waals surface area contributed by atoms with Gasteiger partial charge in [0.15, 0.2) is 10.8 Å². The third kappa shape index (κ3) is 4.10. The molecular formula is C21H12F3N3O3S. The average molecular weight is 443 g/mol. The van der Waals surface area contributed by atoms with Crippen LogP contribution < -0.4 is 4.90 Å². The van der Waals surface area contributed by atoms with E-state index in [0.717, 1.165) is 28.4 Å². The van der Waals surface area contributed by atoms with Crippen molar-refractivity contribution in [3.8, 4) is 0 Å². The average Bonchev–Trinajstić information content (AvgIpc) is 3.31. The number of carbonyl (C=O) groups excluding carboxylic acids is 2. The van der Waals surface area contributed by atoms with Crippen LogP contribution in [-0.2, 0) is 14.3 Å². The Morgan fingerprint density at radius 1 is 1.13 bits per heavy atom. The SMILES string of the molecule is CC(=O)N(c1nc(C=C2N=C(c3ccccc3F)OC2=O)cs1)c1ccc(F)cc1F. The number of halogens is 3. The van der Waals surface area contributed by atoms with Crippen LogP contribution >= 0.6 is 11.3 Å². The molecule has 1 aliphatic heterocycles. The van der Waals surface area contributed by atoms with Gasteiger partial charge >= 0.3 is 5.97 Å². The van der Waals surface area contributed by atoms with Gasteiger partial charge in [-0.2, -0.15) is 0 Å². The van der Waals surface area contributed by atoms with Gasteiger partial charge in [0, 0.05) is 18.4 Å². The summed E-state index contributed by atoms with van der Waals surface area (Å²) in [4.78, 5) is 33.4. The van der Waals surface area contributed by atoms with Gasteiger partial charge in [0.25, 0.3) is 0 Å². The quantitative estimate of drug-likeness (QED) is 0.437. The van der Waals surface area contributed by atoms with Gasteiger partial charge in [0.05, 0.1) is 16.9 Å². The fraction of sp³-hybridized carbons (Fsp3) is 0.0476. The predicted molar refractivity (Wildman–Crippen MR) is 108 cm³/mol. The zero-order valence-corrected chi connectivity index (χ0v) is 16.6. The Morgan fingerprint density at radius 2 is 1.90 bits per heavy atom. The Hall–Kier alpha value is -3.79. The first-order valence-electron chi connectivity index (χ1n) is 8.82. The number of hydrogen-bond acceptors (Lipinski definition) is 6. The maximum absolute atomic E-state index is 14.2. The number of anilines is 2. The number of ether oxygens (including phenoxy) is 1. The molecule has 0 unspecified atom stereocenters. The fourth-order valence-electron chi connectivity index (χ4n) is 2.81. The minimum Gasteiger partial charge on any atom is -0.402 e. The molecule has 0 saturated carbocycles. The van der Waals surface area contributed by atoms with Gasteiger partial charge < -0.3 is 4.74 Å². The van der Waals surface area contributed by atoms with Crippen LogP contribution in [-0.4, -0.2) is 22.8 Å². The second kappa shape index (κ2) is 8.15. The second-order valence-corrected chi connectivity index (χ2v) is 7.16. The zero-order valence-electron chi connectivity index (χ0n) is 15.8. The highest BCUT2D eigenvalue weighted by atomic mass is 32.1. The van der Waals surface area contributed by atoms with Crippen molar-refractivity contribution < 1.29 is 27.5 Å². The van der Waals surface area contributed by atoms with Crippen LogP contribution in [0.4, 0.5) is 24.0 Å². The Bertz CT molecular complexity index is 1270. The number of amides is 1. The molecule has 3 aromatic rings. The van der Waals surface area contributed by atoms with Crippen molar-refractivity contribution in [3.05, 3.63) is 82.3 Å². The lowest BCUT2D eigenvalue weighted by Crippen LogP contribution is -2.23. The molecule has 0 spiro atoms. The summed E-state index contributed by atoms with van der Waals surface area (Å²) in [5, 5.41) is 1.62. The molecule has 2 aromatic carbocycles. The standard InChI is InChI=1S/C21H12F3N3O3S/c1-11(28)27(18-7-6-12(22)8-16(18)24)21-25-13(10-31-21)9-17-20(29)30-19(26-17)14-4-2-3-5-15(14)23/h2-10H,1H3. The molecule has 0 atom stereocenters. The number of aliphatic imine (C=N–C) groups is 1. The first-order chi connectivity index (χ1) is 14.8. The van der Waals surface area contributed by atoms with E-state index in [2.05, 4.69) is 9.98 Å². The first kappa shape index (κ1) is 20.5. The minimum absolute atomic E-state index is 0.0350. The molecule has 1 aromatic heterocycles. The van der Waals surface area contributed by atoms with Crippen molar-refractivity contribution in [2.24, 2.45) is 4.99 Å². The molecule has 0 aliphatic carbocycles. The number of carbonyl (C=O) groups is 2. The monoisotopic (exact) mass is 443 g/mol. The molecule has 1 aliphatic rings. The highest BCUT2D eigenvalue weighted by Crippen LogP contribution is 2.32. The molecule has 6 nitrogen and oxygen atoms in total. The second-order valence-electron chi connectivity index (χ2n) is 6.32. The van der Waals surface area contributed by atoms with Crippen LogP contribution in [0.25, 0.3) is 6.08 Å². The molecule has 0 saturated heterocycles. The molecule has 1 amide bonds. The molecule has 0 N–H and O–H groups in total. The van der Waals surface area contributed by atoms with Crippen molar-refractivity contribution in [2.75, 3.05) is 4.90 Å². The molecule has 0 bridgehead atoms. The van der Waals surface area contributed by atoms with E-state index in [1.807, 2.05) is 0 Å². The summed E-state index contributed by atoms with van der Waals surface area (Å²) in [5.41, 5.74) is 0.00652. The zero-order chi connectivity index (χ0) is 22.1. The maximum atomic E-state index is 14.2. The van der Waals surface area contributed by atoms with Crippen LogP contribution in [0, 0.1) is 17.5 Å². The number of aromatic nitrogens is 1. The van der Waals surface area contributed by atoms with Gasteiger partial charge in [0.2, 0.25) is 11.8 Å². The van der Waals surface area contributed by atoms with E-state index in [1.165, 1.54) is 36.6 Å². The summed E-state index contributed by atoms with van der Waals surface area (Å²) in [6.45, 7) is 1.21. The lowest BCUT2D eigenvalue weighted by molar-refractivity contribution is -0.130. The number of thiazole rings is 1. The summed E-state index contributed by atoms with van der Waals surface area (Å²) < 4.78 is 46.4. The number of hydrogen-bond donors (Lipinski definition) is 0. The molecule has 31 heavy (non-hydrogen) atoms. The van der Waals surface area contributed by atoms with Crippen LogP contribution in [0.2, 0.25) is 0 Å². The molecule has 4 rings (SSSR count). The molecule has 10 heteroatoms. The fourth-order valence-corrected chi connectivity index (χ4v) is 3.65. The van der Waals surface area contributed by atoms with Gasteiger partial charge in [-0.1, -0.05) is 12.1 Å². The molecule has 0 radical (unpaired) electrons. The number of benzene rings is 2. The number of esters is 1. The third-order valence-electron chi connectivity index (χ3n) is 4.18. The van der Waals surface area contributed by atoms with Crippen molar-refractivity contribution in [3.63, 3.8) is 0 Å². The van der Waals surface area contributed by atoms with E-state index in [4.69, 9.17) is 4.74 Å². The molecular weight excluding hydrogens is 431 g/mol. The Kier molecular flexibility index (Phi) is 5.38. The van der Waals surface area contributed by atoms with Crippen molar-refractivity contribution in [2.45, 2.75) is 6.92 Å². The minimum atomic E-state index is -0.927. The summed E-state index contributed by atoms with van der Waals surface area (Å²) in [5.74, 6) is -3.81. The van der Waals surface area contributed by atoms with Crippen LogP contribution in [0.5, 0.6) is 0 Å². The molecule has 2 heterocycles. The number of rotatable bonds is 4. The predicted octanol–water partition coefficient (Wildman–Crippen LogP) is 4.59. The van der Waals surface area contributed by atoms with E-state index < -0.39 is 29.3 Å². The van der Waals surface area contributed by atoms with E-state index in [9.17, 15) is 22.8 Å². The topological polar surface area (TPSA) is 71.9 Å². The van der Waals surface area contributed by atoms with Crippen molar-refractivity contribution >= 4 is 46.0 Å². The van der Waals surface area contributed by atoms with Gasteiger partial charge in [-0.05, 0) is 30.3 Å². The van der Waals surface area contributed by atoms with Gasteiger partial charge in [-0.15, -0.1) is 11.3 Å². The van der Waals surface area contributed by atoms with E-state index in [0.29, 0.717) is 6.07 Å². The van der Waals surface area contributed by atoms with E-state index in [-0.39, 0.29) is 33.7 Å².